The van der Waals surface area contributed by atoms with Crippen LogP contribution in [0.2, 0.25) is 0 Å². The van der Waals surface area contributed by atoms with Crippen LogP contribution >= 0.6 is 0 Å². The van der Waals surface area contributed by atoms with E-state index in [1.165, 1.54) is 6.20 Å². The van der Waals surface area contributed by atoms with Crippen molar-refractivity contribution < 1.29 is 4.79 Å². The van der Waals surface area contributed by atoms with E-state index in [1.54, 1.807) is 18.5 Å². The fraction of sp³-hybridized carbons (Fsp3) is 0.154. The monoisotopic (exact) mass is 242 g/mol. The summed E-state index contributed by atoms with van der Waals surface area (Å²) in [6.07, 6.45) is 4.75. The Balaban J connectivity index is 2.25. The van der Waals surface area contributed by atoms with Crippen molar-refractivity contribution in [3.05, 3.63) is 47.5 Å². The Bertz CT molecular complexity index is 595. The molecule has 0 atom stereocenters. The molecule has 5 nitrogen and oxygen atoms in total. The van der Waals surface area contributed by atoms with Crippen LogP contribution in [0.15, 0.2) is 30.7 Å². The number of carbonyl (C=O) groups is 1. The molecular weight excluding hydrogens is 228 g/mol. The molecule has 0 aliphatic carbocycles. The average molecular weight is 242 g/mol. The van der Waals surface area contributed by atoms with Gasteiger partial charge in [-0.2, -0.15) is 0 Å². The molecule has 2 heterocycles. The number of aryl methyl sites for hydroxylation is 2. The molecule has 5 heteroatoms. The second-order valence-electron chi connectivity index (χ2n) is 4.06. The zero-order chi connectivity index (χ0) is 13.1. The molecule has 0 unspecified atom stereocenters. The van der Waals surface area contributed by atoms with Crippen molar-refractivity contribution in [2.24, 2.45) is 0 Å². The van der Waals surface area contributed by atoms with Crippen molar-refractivity contribution in [3.63, 3.8) is 0 Å². The van der Waals surface area contributed by atoms with E-state index in [2.05, 4.69) is 15.3 Å². The van der Waals surface area contributed by atoms with Gasteiger partial charge in [0.25, 0.3) is 5.91 Å². The largest absolute Gasteiger partial charge is 0.398 e. The van der Waals surface area contributed by atoms with E-state index in [0.717, 1.165) is 11.3 Å². The number of pyridine rings is 2. The first-order valence-corrected chi connectivity index (χ1v) is 5.52. The summed E-state index contributed by atoms with van der Waals surface area (Å²) in [4.78, 5) is 20.1. The number of hydrogen-bond acceptors (Lipinski definition) is 4. The Hall–Kier alpha value is -2.43. The molecule has 2 aromatic heterocycles. The van der Waals surface area contributed by atoms with E-state index < -0.39 is 0 Å². The Labute approximate surface area is 105 Å². The lowest BCUT2D eigenvalue weighted by Crippen LogP contribution is -2.15. The van der Waals surface area contributed by atoms with Crippen LogP contribution in [0.25, 0.3) is 0 Å². The third-order valence-electron chi connectivity index (χ3n) is 2.60. The molecule has 0 saturated heterocycles. The van der Waals surface area contributed by atoms with Crippen LogP contribution in [0, 0.1) is 13.8 Å². The lowest BCUT2D eigenvalue weighted by molar-refractivity contribution is 0.102. The fourth-order valence-electron chi connectivity index (χ4n) is 1.56. The van der Waals surface area contributed by atoms with E-state index in [-0.39, 0.29) is 5.91 Å². The van der Waals surface area contributed by atoms with Crippen LogP contribution in [0.3, 0.4) is 0 Å². The Morgan fingerprint density at radius 1 is 1.33 bits per heavy atom. The van der Waals surface area contributed by atoms with Crippen LogP contribution in [-0.4, -0.2) is 15.9 Å². The highest BCUT2D eigenvalue weighted by molar-refractivity contribution is 6.07. The molecule has 2 aromatic rings. The van der Waals surface area contributed by atoms with E-state index in [1.807, 2.05) is 19.9 Å². The zero-order valence-electron chi connectivity index (χ0n) is 10.3. The van der Waals surface area contributed by atoms with Crippen molar-refractivity contribution in [3.8, 4) is 0 Å². The molecule has 0 aliphatic rings. The van der Waals surface area contributed by atoms with Gasteiger partial charge in [0.2, 0.25) is 0 Å². The third kappa shape index (κ3) is 2.45. The summed E-state index contributed by atoms with van der Waals surface area (Å²) in [7, 11) is 0. The number of carbonyl (C=O) groups excluding carboxylic acids is 1. The van der Waals surface area contributed by atoms with Crippen LogP contribution in [0.5, 0.6) is 0 Å². The summed E-state index contributed by atoms with van der Waals surface area (Å²) in [5.74, 6) is -0.281. The highest BCUT2D eigenvalue weighted by Gasteiger charge is 2.11. The number of nitrogen functional groups attached to an aromatic ring is 1. The summed E-state index contributed by atoms with van der Waals surface area (Å²) in [6, 6.07) is 3.50. The molecule has 0 spiro atoms. The maximum atomic E-state index is 12.0. The lowest BCUT2D eigenvalue weighted by Gasteiger charge is -2.09. The van der Waals surface area contributed by atoms with Gasteiger partial charge in [-0.1, -0.05) is 0 Å². The number of hydrogen-bond donors (Lipinski definition) is 2. The number of nitrogens with two attached hydrogens (primary N) is 1. The topological polar surface area (TPSA) is 80.9 Å². The first kappa shape index (κ1) is 12.0. The van der Waals surface area contributed by atoms with Crippen molar-refractivity contribution in [2.45, 2.75) is 13.8 Å². The molecule has 2 rings (SSSR count). The van der Waals surface area contributed by atoms with Crippen molar-refractivity contribution in [1.82, 2.24) is 9.97 Å². The molecule has 3 N–H and O–H groups in total. The van der Waals surface area contributed by atoms with E-state index in [4.69, 9.17) is 5.73 Å². The number of nitrogens with zero attached hydrogens (tertiary/aromatic N) is 2. The minimum absolute atomic E-state index is 0.281. The lowest BCUT2D eigenvalue weighted by atomic mass is 10.2. The van der Waals surface area contributed by atoms with Gasteiger partial charge in [0.1, 0.15) is 0 Å². The van der Waals surface area contributed by atoms with Gasteiger partial charge in [-0.15, -0.1) is 0 Å². The molecule has 0 fully saturated rings. The van der Waals surface area contributed by atoms with E-state index >= 15 is 0 Å². The molecule has 0 aliphatic heterocycles. The minimum atomic E-state index is -0.281. The summed E-state index contributed by atoms with van der Waals surface area (Å²) in [5, 5.41) is 2.77. The van der Waals surface area contributed by atoms with Gasteiger partial charge >= 0.3 is 0 Å². The van der Waals surface area contributed by atoms with Gasteiger partial charge in [-0.3, -0.25) is 14.8 Å². The maximum Gasteiger partial charge on any atom is 0.259 e. The van der Waals surface area contributed by atoms with Crippen molar-refractivity contribution >= 4 is 17.3 Å². The van der Waals surface area contributed by atoms with Crippen molar-refractivity contribution in [2.75, 3.05) is 11.1 Å². The summed E-state index contributed by atoms with van der Waals surface area (Å²) in [5.41, 5.74) is 8.97. The van der Waals surface area contributed by atoms with Crippen LogP contribution in [0.1, 0.15) is 21.6 Å². The van der Waals surface area contributed by atoms with Crippen molar-refractivity contribution in [1.29, 1.82) is 0 Å². The molecule has 0 saturated carbocycles. The number of aromatic nitrogens is 2. The molecule has 1 amide bonds. The van der Waals surface area contributed by atoms with Gasteiger partial charge in [0.05, 0.1) is 17.4 Å². The van der Waals surface area contributed by atoms with Gasteiger partial charge < -0.3 is 11.1 Å². The molecule has 18 heavy (non-hydrogen) atoms. The second-order valence-corrected chi connectivity index (χ2v) is 4.06. The van der Waals surface area contributed by atoms with Gasteiger partial charge in [0.15, 0.2) is 0 Å². The quantitative estimate of drug-likeness (QED) is 0.843. The maximum absolute atomic E-state index is 12.0. The number of amides is 1. The first-order chi connectivity index (χ1) is 8.58. The van der Waals surface area contributed by atoms with Crippen LogP contribution < -0.4 is 11.1 Å². The van der Waals surface area contributed by atoms with E-state index in [9.17, 15) is 4.79 Å². The highest BCUT2D eigenvalue weighted by atomic mass is 16.1. The normalized spacial score (nSPS) is 10.1. The van der Waals surface area contributed by atoms with Gasteiger partial charge in [-0.05, 0) is 31.5 Å². The Morgan fingerprint density at radius 2 is 2.11 bits per heavy atom. The fourth-order valence-corrected chi connectivity index (χ4v) is 1.56. The number of anilines is 2. The third-order valence-corrected chi connectivity index (χ3v) is 2.60. The van der Waals surface area contributed by atoms with Crippen LogP contribution in [0.4, 0.5) is 11.4 Å². The summed E-state index contributed by atoms with van der Waals surface area (Å²) < 4.78 is 0. The van der Waals surface area contributed by atoms with Gasteiger partial charge in [0, 0.05) is 23.8 Å². The minimum Gasteiger partial charge on any atom is -0.398 e. The first-order valence-electron chi connectivity index (χ1n) is 5.52. The summed E-state index contributed by atoms with van der Waals surface area (Å²) in [6.45, 7) is 3.72. The van der Waals surface area contributed by atoms with Crippen LogP contribution in [-0.2, 0) is 0 Å². The molecular formula is C13H14N4O. The predicted molar refractivity (Wildman–Crippen MR) is 70.3 cm³/mol. The number of rotatable bonds is 2. The SMILES string of the molecule is Cc1cc(N)c(C(=O)Nc2cnccc2C)cn1. The molecule has 92 valence electrons. The smallest absolute Gasteiger partial charge is 0.259 e. The second kappa shape index (κ2) is 4.83. The Morgan fingerprint density at radius 3 is 2.78 bits per heavy atom. The van der Waals surface area contributed by atoms with E-state index in [0.29, 0.717) is 16.9 Å². The summed E-state index contributed by atoms with van der Waals surface area (Å²) >= 11 is 0. The molecule has 0 aromatic carbocycles. The highest BCUT2D eigenvalue weighted by Crippen LogP contribution is 2.16. The van der Waals surface area contributed by atoms with Gasteiger partial charge in [-0.25, -0.2) is 0 Å². The average Bonchev–Trinajstić information content (AvgIpc) is 2.32. The number of nitrogens with one attached hydrogen (secondary N) is 1. The standard InChI is InChI=1S/C13H14N4O/c1-8-3-4-15-7-12(8)17-13(18)10-6-16-9(2)5-11(10)14/h3-7H,1-2H3,(H2,14,16)(H,17,18). The zero-order valence-corrected chi connectivity index (χ0v) is 10.3. The molecule has 0 bridgehead atoms. The Kier molecular flexibility index (Phi) is 3.23. The molecule has 0 radical (unpaired) electrons. The predicted octanol–water partition coefficient (Wildman–Crippen LogP) is 1.93.